The van der Waals surface area contributed by atoms with E-state index < -0.39 is 5.97 Å². The number of nitrogens with one attached hydrogen (secondary N) is 1. The van der Waals surface area contributed by atoms with Crippen molar-refractivity contribution in [1.82, 2.24) is 4.72 Å². The zero-order valence-corrected chi connectivity index (χ0v) is 19.5. The van der Waals surface area contributed by atoms with E-state index >= 15 is 0 Å². The minimum Gasteiger partial charge on any atom is -0.493 e. The fraction of sp³-hybridized carbons (Fsp3) is 0.294. The van der Waals surface area contributed by atoms with E-state index in [0.717, 1.165) is 20.9 Å². The molecule has 0 fully saturated rings. The molecule has 0 saturated heterocycles. The quantitative estimate of drug-likeness (QED) is 0.121. The highest BCUT2D eigenvalue weighted by Gasteiger charge is 2.06. The summed E-state index contributed by atoms with van der Waals surface area (Å²) in [6, 6.07) is 9.66. The third-order valence-corrected chi connectivity index (χ3v) is 6.26. The van der Waals surface area contributed by atoms with Crippen LogP contribution in [0.15, 0.2) is 44.2 Å². The molecule has 1 heterocycles. The zero-order chi connectivity index (χ0) is 21.6. The average Bonchev–Trinajstić information content (AvgIpc) is 2.97. The maximum absolute atomic E-state index is 10.2. The Kier molecular flexibility index (Phi) is 12.6. The Morgan fingerprint density at radius 3 is 2.59 bits per heavy atom. The van der Waals surface area contributed by atoms with Crippen LogP contribution < -0.4 is 20.9 Å². The van der Waals surface area contributed by atoms with Gasteiger partial charge in [-0.25, -0.2) is 4.72 Å². The van der Waals surface area contributed by atoms with Crippen molar-refractivity contribution in [3.05, 3.63) is 44.7 Å². The molecule has 160 valence electrons. The fourth-order valence-electron chi connectivity index (χ4n) is 1.63. The summed E-state index contributed by atoms with van der Waals surface area (Å²) in [5, 5.41) is 11.8. The van der Waals surface area contributed by atoms with Gasteiger partial charge in [-0.3, -0.25) is 4.79 Å². The first-order valence-corrected chi connectivity index (χ1v) is 11.0. The molecule has 2 aromatic rings. The van der Waals surface area contributed by atoms with Crippen molar-refractivity contribution in [1.29, 1.82) is 0 Å². The van der Waals surface area contributed by atoms with Crippen molar-refractivity contribution < 1.29 is 19.5 Å². The Bertz CT molecular complexity index is 786. The highest BCUT2D eigenvalue weighted by Crippen LogP contribution is 2.36. The highest BCUT2D eigenvalue weighted by atomic mass is 79.9. The topological polar surface area (TPSA) is 132 Å². The second-order valence-electron chi connectivity index (χ2n) is 5.37. The van der Waals surface area contributed by atoms with Gasteiger partial charge in [-0.1, -0.05) is 29.3 Å². The van der Waals surface area contributed by atoms with Crippen LogP contribution >= 0.6 is 50.8 Å². The first-order chi connectivity index (χ1) is 13.8. The van der Waals surface area contributed by atoms with Crippen molar-refractivity contribution in [2.75, 3.05) is 19.8 Å². The van der Waals surface area contributed by atoms with Gasteiger partial charge in [-0.05, 0) is 58.2 Å². The number of nitrogens with two attached hydrogens (primary N) is 2. The fourth-order valence-corrected chi connectivity index (χ4v) is 4.71. The number of thiophene rings is 1. The van der Waals surface area contributed by atoms with Crippen LogP contribution in [0.25, 0.3) is 0 Å². The molecule has 0 aliphatic carbocycles. The lowest BCUT2D eigenvalue weighted by Crippen LogP contribution is -2.23. The Morgan fingerprint density at radius 2 is 2.03 bits per heavy atom. The molecular formula is C17H22BrClN4O4S2. The number of benzene rings is 1. The number of halogens is 2. The normalized spacial score (nSPS) is 9.90. The van der Waals surface area contributed by atoms with Gasteiger partial charge in [-0.15, -0.1) is 11.3 Å². The van der Waals surface area contributed by atoms with Crippen molar-refractivity contribution in [2.24, 2.45) is 16.6 Å². The third kappa shape index (κ3) is 12.5. The van der Waals surface area contributed by atoms with Gasteiger partial charge in [0.05, 0.1) is 15.2 Å². The van der Waals surface area contributed by atoms with Crippen molar-refractivity contribution in [3.8, 4) is 5.75 Å². The molecule has 6 N–H and O–H groups in total. The molecule has 0 amide bonds. The predicted octanol–water partition coefficient (Wildman–Crippen LogP) is 3.81. The molecule has 12 heteroatoms. The van der Waals surface area contributed by atoms with Crippen molar-refractivity contribution in [2.45, 2.75) is 17.6 Å². The molecule has 1 aromatic carbocycles. The van der Waals surface area contributed by atoms with E-state index in [-0.39, 0.29) is 12.5 Å². The number of rotatable bonds is 10. The zero-order valence-electron chi connectivity index (χ0n) is 15.6. The van der Waals surface area contributed by atoms with Crippen LogP contribution in [-0.4, -0.2) is 36.8 Å². The lowest BCUT2D eigenvalue weighted by molar-refractivity contribution is -0.135. The number of nitrogens with zero attached hydrogens (tertiary/aromatic N) is 1. The Balaban J connectivity index is 0.000000296. The van der Waals surface area contributed by atoms with E-state index in [9.17, 15) is 4.79 Å². The standard InChI is InChI=1S/C11H17N3O2.C6H5BrClNO2S2/c1-9-3-5-10(6-4-9)15-7-2-8-16-14-11(12)13;7-3-1-4(8)12-6(3)13-9-2-5(10)11/h3-6H,2,7-8H2,1H3,(H4,12,13,14);1,9H,2H2,(H,10,11). The number of hydrogen-bond acceptors (Lipinski definition) is 7. The van der Waals surface area contributed by atoms with Crippen LogP contribution in [0.2, 0.25) is 4.34 Å². The largest absolute Gasteiger partial charge is 0.493 e. The first kappa shape index (κ1) is 25.4. The number of carbonyl (C=O) groups is 1. The average molecular weight is 526 g/mol. The van der Waals surface area contributed by atoms with E-state index in [1.54, 1.807) is 6.07 Å². The Morgan fingerprint density at radius 1 is 1.34 bits per heavy atom. The van der Waals surface area contributed by atoms with Gasteiger partial charge in [0.2, 0.25) is 5.96 Å². The monoisotopic (exact) mass is 524 g/mol. The minimum absolute atomic E-state index is 0.0700. The number of hydrogen-bond donors (Lipinski definition) is 4. The SMILES string of the molecule is Cc1ccc(OCCCON=C(N)N)cc1.O=C(O)CNSc1sc(Cl)cc1Br. The molecule has 2 rings (SSSR count). The van der Waals surface area contributed by atoms with Gasteiger partial charge in [-0.2, -0.15) is 0 Å². The molecular weight excluding hydrogens is 504 g/mol. The molecule has 0 radical (unpaired) electrons. The third-order valence-electron chi connectivity index (χ3n) is 2.85. The van der Waals surface area contributed by atoms with Crippen LogP contribution in [0.5, 0.6) is 5.75 Å². The van der Waals surface area contributed by atoms with Crippen LogP contribution in [0.1, 0.15) is 12.0 Å². The number of ether oxygens (including phenoxy) is 1. The summed E-state index contributed by atoms with van der Waals surface area (Å²) in [6.45, 7) is 2.96. The molecule has 8 nitrogen and oxygen atoms in total. The summed E-state index contributed by atoms with van der Waals surface area (Å²) in [5.41, 5.74) is 11.4. The molecule has 0 saturated carbocycles. The Labute approximate surface area is 190 Å². The van der Waals surface area contributed by atoms with Crippen LogP contribution in [0.3, 0.4) is 0 Å². The lowest BCUT2D eigenvalue weighted by atomic mass is 10.2. The number of carboxylic acids is 1. The molecule has 0 aliphatic heterocycles. The molecule has 0 spiro atoms. The molecule has 29 heavy (non-hydrogen) atoms. The smallest absolute Gasteiger partial charge is 0.318 e. The molecule has 0 aliphatic rings. The molecule has 0 atom stereocenters. The summed E-state index contributed by atoms with van der Waals surface area (Å²) in [7, 11) is 0. The summed E-state index contributed by atoms with van der Waals surface area (Å²) >= 11 is 11.7. The highest BCUT2D eigenvalue weighted by molar-refractivity contribution is 9.10. The summed E-state index contributed by atoms with van der Waals surface area (Å²) in [5.74, 6) is -0.0989. The summed E-state index contributed by atoms with van der Waals surface area (Å²) < 4.78 is 10.6. The number of aryl methyl sites for hydroxylation is 1. The molecule has 1 aromatic heterocycles. The van der Waals surface area contributed by atoms with Crippen LogP contribution in [0, 0.1) is 6.92 Å². The van der Waals surface area contributed by atoms with E-state index in [1.807, 2.05) is 31.2 Å². The maximum atomic E-state index is 10.2. The van der Waals surface area contributed by atoms with Crippen LogP contribution in [0.4, 0.5) is 0 Å². The molecule has 0 unspecified atom stereocenters. The number of guanidine groups is 1. The maximum Gasteiger partial charge on any atom is 0.318 e. The number of aliphatic carboxylic acids is 1. The first-order valence-electron chi connectivity index (χ1n) is 8.24. The predicted molar refractivity (Wildman–Crippen MR) is 122 cm³/mol. The minimum atomic E-state index is -0.883. The van der Waals surface area contributed by atoms with E-state index in [1.165, 1.54) is 28.8 Å². The van der Waals surface area contributed by atoms with Gasteiger partial charge in [0, 0.05) is 10.9 Å². The Hall–Kier alpha value is -1.66. The van der Waals surface area contributed by atoms with Gasteiger partial charge in [0.25, 0.3) is 0 Å². The van der Waals surface area contributed by atoms with Gasteiger partial charge < -0.3 is 26.1 Å². The van der Waals surface area contributed by atoms with Gasteiger partial charge in [0.15, 0.2) is 0 Å². The van der Waals surface area contributed by atoms with Gasteiger partial charge in [0.1, 0.15) is 18.9 Å². The number of carboxylic acid groups (broad SMARTS) is 1. The van der Waals surface area contributed by atoms with Gasteiger partial charge >= 0.3 is 5.97 Å². The van der Waals surface area contributed by atoms with E-state index in [2.05, 4.69) is 25.8 Å². The molecule has 0 bridgehead atoms. The van der Waals surface area contributed by atoms with Crippen molar-refractivity contribution in [3.63, 3.8) is 0 Å². The van der Waals surface area contributed by atoms with E-state index in [0.29, 0.717) is 17.6 Å². The second kappa shape index (κ2) is 14.3. The van der Waals surface area contributed by atoms with Crippen molar-refractivity contribution >= 4 is 62.7 Å². The number of oxime groups is 1. The summed E-state index contributed by atoms with van der Waals surface area (Å²) in [6.07, 6.45) is 0.727. The summed E-state index contributed by atoms with van der Waals surface area (Å²) in [4.78, 5) is 15.0. The van der Waals surface area contributed by atoms with Crippen LogP contribution in [-0.2, 0) is 9.63 Å². The lowest BCUT2D eigenvalue weighted by Gasteiger charge is -2.05. The van der Waals surface area contributed by atoms with E-state index in [4.69, 9.17) is 37.7 Å². The second-order valence-corrected chi connectivity index (χ2v) is 9.06.